The summed E-state index contributed by atoms with van der Waals surface area (Å²) in [6.45, 7) is 10.6. The Kier molecular flexibility index (Phi) is 6.77. The molecule has 2 N–H and O–H groups in total. The molecule has 8 nitrogen and oxygen atoms in total. The summed E-state index contributed by atoms with van der Waals surface area (Å²) in [7, 11) is 0. The van der Waals surface area contributed by atoms with Gasteiger partial charge < -0.3 is 15.4 Å². The molecule has 0 aromatic heterocycles. The molecule has 3 aliphatic rings. The monoisotopic (exact) mass is 456 g/mol. The number of morpholine rings is 1. The topological polar surface area (TPSA) is 91.0 Å². The third-order valence-corrected chi connectivity index (χ3v) is 7.02. The van der Waals surface area contributed by atoms with Crippen molar-refractivity contribution in [2.24, 2.45) is 11.3 Å². The molecule has 2 aliphatic heterocycles. The van der Waals surface area contributed by atoms with Crippen molar-refractivity contribution in [1.82, 2.24) is 20.4 Å². The van der Waals surface area contributed by atoms with E-state index in [9.17, 15) is 14.4 Å². The number of carbonyl (C=O) groups is 3. The van der Waals surface area contributed by atoms with Crippen LogP contribution < -0.4 is 10.6 Å². The summed E-state index contributed by atoms with van der Waals surface area (Å²) < 4.78 is 5.42. The summed E-state index contributed by atoms with van der Waals surface area (Å²) in [4.78, 5) is 42.1. The summed E-state index contributed by atoms with van der Waals surface area (Å²) in [5.41, 5.74) is 1.27. The first kappa shape index (κ1) is 23.7. The van der Waals surface area contributed by atoms with Gasteiger partial charge in [-0.1, -0.05) is 45.0 Å². The third kappa shape index (κ3) is 5.38. The first-order chi connectivity index (χ1) is 15.7. The van der Waals surface area contributed by atoms with Crippen molar-refractivity contribution in [2.75, 3.05) is 32.8 Å². The van der Waals surface area contributed by atoms with E-state index in [2.05, 4.69) is 42.4 Å². The number of ether oxygens (including phenoxy) is 1. The van der Waals surface area contributed by atoms with Crippen LogP contribution >= 0.6 is 0 Å². The number of hydrogen-bond acceptors (Lipinski definition) is 5. The van der Waals surface area contributed by atoms with Crippen LogP contribution in [0.3, 0.4) is 0 Å². The van der Waals surface area contributed by atoms with E-state index in [-0.39, 0.29) is 23.8 Å². The van der Waals surface area contributed by atoms with Crippen LogP contribution in [-0.2, 0) is 27.4 Å². The third-order valence-electron chi connectivity index (χ3n) is 7.02. The Morgan fingerprint density at radius 2 is 1.85 bits per heavy atom. The van der Waals surface area contributed by atoms with Crippen LogP contribution in [0, 0.1) is 11.3 Å². The highest BCUT2D eigenvalue weighted by Crippen LogP contribution is 2.46. The van der Waals surface area contributed by atoms with Crippen molar-refractivity contribution < 1.29 is 19.1 Å². The maximum Gasteiger partial charge on any atom is 0.325 e. The standard InChI is InChI=1S/C25H36N4O4/c1-18-12-24(2,3)17-25(13-18)22(31)29(23(32)27-25)16-21(30)26-14-19-6-4-5-7-20(19)15-28-8-10-33-11-9-28/h4-7,18H,8-17H2,1-3H3,(H,26,30)(H,27,32)/t18-,25-/m0/s1. The zero-order chi connectivity index (χ0) is 23.6. The Labute approximate surface area is 196 Å². The number of urea groups is 1. The minimum Gasteiger partial charge on any atom is -0.379 e. The molecular formula is C25H36N4O4. The Hall–Kier alpha value is -2.45. The Morgan fingerprint density at radius 1 is 1.15 bits per heavy atom. The second-order valence-electron chi connectivity index (χ2n) is 10.7. The molecule has 33 heavy (non-hydrogen) atoms. The summed E-state index contributed by atoms with van der Waals surface area (Å²) >= 11 is 0. The van der Waals surface area contributed by atoms with Crippen molar-refractivity contribution in [3.8, 4) is 0 Å². The Balaban J connectivity index is 1.36. The van der Waals surface area contributed by atoms with Gasteiger partial charge in [0.2, 0.25) is 5.91 Å². The molecule has 2 atom stereocenters. The SMILES string of the molecule is C[C@H]1CC(C)(C)C[C@]2(C1)NC(=O)N(CC(=O)NCc1ccccc1CN1CCOCC1)C2=O. The van der Waals surface area contributed by atoms with Crippen LogP contribution in [0.4, 0.5) is 4.79 Å². The highest BCUT2D eigenvalue weighted by atomic mass is 16.5. The van der Waals surface area contributed by atoms with Gasteiger partial charge in [-0.2, -0.15) is 0 Å². The van der Waals surface area contributed by atoms with Crippen molar-refractivity contribution in [3.05, 3.63) is 35.4 Å². The lowest BCUT2D eigenvalue weighted by molar-refractivity contribution is -0.137. The number of benzene rings is 1. The van der Waals surface area contributed by atoms with Crippen molar-refractivity contribution in [3.63, 3.8) is 0 Å². The average Bonchev–Trinajstić information content (AvgIpc) is 2.95. The molecule has 1 aromatic carbocycles. The van der Waals surface area contributed by atoms with Gasteiger partial charge in [0.15, 0.2) is 0 Å². The molecular weight excluding hydrogens is 420 g/mol. The van der Waals surface area contributed by atoms with Crippen LogP contribution in [0.15, 0.2) is 24.3 Å². The maximum atomic E-state index is 13.3. The highest BCUT2D eigenvalue weighted by molar-refractivity contribution is 6.09. The van der Waals surface area contributed by atoms with Gasteiger partial charge in [0.1, 0.15) is 12.1 Å². The first-order valence-corrected chi connectivity index (χ1v) is 12.0. The van der Waals surface area contributed by atoms with Crippen LogP contribution in [0.2, 0.25) is 0 Å². The number of imide groups is 1. The van der Waals surface area contributed by atoms with Gasteiger partial charge in [-0.25, -0.2) is 4.79 Å². The maximum absolute atomic E-state index is 13.3. The quantitative estimate of drug-likeness (QED) is 0.641. The summed E-state index contributed by atoms with van der Waals surface area (Å²) in [5, 5.41) is 5.84. The fraction of sp³-hybridized carbons (Fsp3) is 0.640. The second kappa shape index (κ2) is 9.43. The van der Waals surface area contributed by atoms with Gasteiger partial charge in [0, 0.05) is 26.2 Å². The lowest BCUT2D eigenvalue weighted by Gasteiger charge is -2.43. The number of nitrogens with zero attached hydrogens (tertiary/aromatic N) is 2. The molecule has 180 valence electrons. The second-order valence-corrected chi connectivity index (χ2v) is 10.7. The van der Waals surface area contributed by atoms with E-state index in [0.717, 1.165) is 55.3 Å². The minimum absolute atomic E-state index is 0.0386. The lowest BCUT2D eigenvalue weighted by Crippen LogP contribution is -2.54. The lowest BCUT2D eigenvalue weighted by atomic mass is 9.64. The highest BCUT2D eigenvalue weighted by Gasteiger charge is 2.56. The molecule has 1 spiro atoms. The number of rotatable bonds is 6. The van der Waals surface area contributed by atoms with Crippen molar-refractivity contribution in [1.29, 1.82) is 0 Å². The van der Waals surface area contributed by atoms with Crippen molar-refractivity contribution >= 4 is 17.8 Å². The molecule has 2 saturated heterocycles. The molecule has 8 heteroatoms. The smallest absolute Gasteiger partial charge is 0.325 e. The molecule has 3 fully saturated rings. The minimum atomic E-state index is -0.886. The van der Waals surface area contributed by atoms with Crippen LogP contribution in [0.5, 0.6) is 0 Å². The molecule has 1 saturated carbocycles. The fourth-order valence-corrected chi connectivity index (χ4v) is 5.93. The Bertz CT molecular complexity index is 911. The van der Waals surface area contributed by atoms with E-state index in [4.69, 9.17) is 4.74 Å². The molecule has 4 amide bonds. The van der Waals surface area contributed by atoms with E-state index in [1.807, 2.05) is 18.2 Å². The summed E-state index contributed by atoms with van der Waals surface area (Å²) in [6.07, 6.45) is 2.23. The van der Waals surface area contributed by atoms with Crippen LogP contribution in [0.1, 0.15) is 51.2 Å². The van der Waals surface area contributed by atoms with Gasteiger partial charge in [0.25, 0.3) is 5.91 Å². The largest absolute Gasteiger partial charge is 0.379 e. The van der Waals surface area contributed by atoms with E-state index in [1.165, 1.54) is 0 Å². The van der Waals surface area contributed by atoms with Gasteiger partial charge in [-0.15, -0.1) is 0 Å². The van der Waals surface area contributed by atoms with Crippen molar-refractivity contribution in [2.45, 2.75) is 58.7 Å². The molecule has 4 rings (SSSR count). The predicted molar refractivity (Wildman–Crippen MR) is 124 cm³/mol. The first-order valence-electron chi connectivity index (χ1n) is 12.0. The molecule has 1 aliphatic carbocycles. The summed E-state index contributed by atoms with van der Waals surface area (Å²) in [6, 6.07) is 7.57. The number of amides is 4. The van der Waals surface area contributed by atoms with E-state index >= 15 is 0 Å². The normalized spacial score (nSPS) is 27.6. The predicted octanol–water partition coefficient (Wildman–Crippen LogP) is 2.27. The fourth-order valence-electron chi connectivity index (χ4n) is 5.93. The average molecular weight is 457 g/mol. The zero-order valence-electron chi connectivity index (χ0n) is 20.0. The number of carbonyl (C=O) groups excluding carboxylic acids is 3. The van der Waals surface area contributed by atoms with Gasteiger partial charge in [0.05, 0.1) is 13.2 Å². The molecule has 2 heterocycles. The van der Waals surface area contributed by atoms with E-state index < -0.39 is 11.6 Å². The van der Waals surface area contributed by atoms with Gasteiger partial charge >= 0.3 is 6.03 Å². The zero-order valence-corrected chi connectivity index (χ0v) is 20.0. The molecule has 0 bridgehead atoms. The Morgan fingerprint density at radius 3 is 2.55 bits per heavy atom. The molecule has 0 unspecified atom stereocenters. The number of nitrogens with one attached hydrogen (secondary N) is 2. The number of hydrogen-bond donors (Lipinski definition) is 2. The molecule has 0 radical (unpaired) electrons. The molecule has 1 aromatic rings. The van der Waals surface area contributed by atoms with E-state index in [0.29, 0.717) is 25.3 Å². The van der Waals surface area contributed by atoms with Gasteiger partial charge in [-0.05, 0) is 41.7 Å². The van der Waals surface area contributed by atoms with Crippen LogP contribution in [0.25, 0.3) is 0 Å². The van der Waals surface area contributed by atoms with Crippen LogP contribution in [-0.4, -0.2) is 66.0 Å². The summed E-state index contributed by atoms with van der Waals surface area (Å²) in [5.74, 6) is -0.274. The van der Waals surface area contributed by atoms with Gasteiger partial charge in [-0.3, -0.25) is 19.4 Å². The van der Waals surface area contributed by atoms with E-state index in [1.54, 1.807) is 0 Å².